The maximum atomic E-state index is 11.1. The van der Waals surface area contributed by atoms with Gasteiger partial charge in [-0.1, -0.05) is 17.9 Å². The number of nitrogens with one attached hydrogen (secondary N) is 1. The molecule has 0 saturated heterocycles. The van der Waals surface area contributed by atoms with Crippen molar-refractivity contribution < 1.29 is 9.53 Å². The van der Waals surface area contributed by atoms with Gasteiger partial charge in [0.1, 0.15) is 0 Å². The lowest BCUT2D eigenvalue weighted by Gasteiger charge is -2.04. The van der Waals surface area contributed by atoms with Crippen molar-refractivity contribution >= 4 is 11.8 Å². The van der Waals surface area contributed by atoms with Gasteiger partial charge in [0.25, 0.3) is 0 Å². The van der Waals surface area contributed by atoms with Crippen LogP contribution in [0.4, 0.5) is 10.5 Å². The van der Waals surface area contributed by atoms with Crippen LogP contribution < -0.4 is 11.1 Å². The van der Waals surface area contributed by atoms with Crippen LogP contribution in [0.25, 0.3) is 0 Å². The first-order valence-electron chi connectivity index (χ1n) is 4.99. The van der Waals surface area contributed by atoms with Gasteiger partial charge >= 0.3 is 6.09 Å². The van der Waals surface area contributed by atoms with E-state index in [9.17, 15) is 4.79 Å². The molecule has 1 aromatic carbocycles. The maximum Gasteiger partial charge on any atom is 0.411 e. The Morgan fingerprint density at radius 1 is 1.56 bits per heavy atom. The van der Waals surface area contributed by atoms with Crippen molar-refractivity contribution in [3.63, 3.8) is 0 Å². The van der Waals surface area contributed by atoms with E-state index in [1.165, 1.54) is 0 Å². The summed E-state index contributed by atoms with van der Waals surface area (Å²) in [6.07, 6.45) is -0.466. The Kier molecular flexibility index (Phi) is 4.90. The van der Waals surface area contributed by atoms with Gasteiger partial charge in [0, 0.05) is 11.3 Å². The van der Waals surface area contributed by atoms with Gasteiger partial charge in [-0.2, -0.15) is 0 Å². The number of rotatable bonds is 2. The van der Waals surface area contributed by atoms with Crippen LogP contribution in [0.1, 0.15) is 12.5 Å². The summed E-state index contributed by atoms with van der Waals surface area (Å²) >= 11 is 0. The van der Waals surface area contributed by atoms with Gasteiger partial charge in [-0.05, 0) is 25.1 Å². The molecule has 84 valence electrons. The predicted molar refractivity (Wildman–Crippen MR) is 63.0 cm³/mol. The molecule has 0 saturated carbocycles. The molecule has 0 aliphatic heterocycles. The van der Waals surface area contributed by atoms with Crippen molar-refractivity contribution in [2.75, 3.05) is 18.5 Å². The van der Waals surface area contributed by atoms with E-state index in [1.54, 1.807) is 19.1 Å². The first-order valence-corrected chi connectivity index (χ1v) is 4.99. The number of benzene rings is 1. The van der Waals surface area contributed by atoms with Crippen LogP contribution in [-0.4, -0.2) is 19.2 Å². The van der Waals surface area contributed by atoms with E-state index in [2.05, 4.69) is 17.2 Å². The Balaban J connectivity index is 2.71. The smallest absolute Gasteiger partial charge is 0.411 e. The Hall–Kier alpha value is -1.99. The zero-order valence-electron chi connectivity index (χ0n) is 9.12. The molecule has 16 heavy (non-hydrogen) atoms. The van der Waals surface area contributed by atoms with Gasteiger partial charge in [-0.15, -0.1) is 0 Å². The summed E-state index contributed by atoms with van der Waals surface area (Å²) in [5.41, 5.74) is 6.73. The van der Waals surface area contributed by atoms with E-state index in [0.717, 1.165) is 5.56 Å². The number of anilines is 1. The molecule has 1 amide bonds. The molecule has 0 unspecified atom stereocenters. The Morgan fingerprint density at radius 3 is 3.06 bits per heavy atom. The van der Waals surface area contributed by atoms with Crippen molar-refractivity contribution in [1.29, 1.82) is 0 Å². The lowest BCUT2D eigenvalue weighted by atomic mass is 10.2. The van der Waals surface area contributed by atoms with Crippen LogP contribution in [0.15, 0.2) is 24.3 Å². The summed E-state index contributed by atoms with van der Waals surface area (Å²) in [6, 6.07) is 7.19. The van der Waals surface area contributed by atoms with Crippen LogP contribution in [0.5, 0.6) is 0 Å². The molecule has 0 fully saturated rings. The first kappa shape index (κ1) is 12.1. The van der Waals surface area contributed by atoms with Gasteiger partial charge in [0.15, 0.2) is 0 Å². The minimum Gasteiger partial charge on any atom is -0.450 e. The Bertz CT molecular complexity index is 419. The van der Waals surface area contributed by atoms with Crippen molar-refractivity contribution in [3.8, 4) is 11.8 Å². The number of carbonyl (C=O) groups excluding carboxylic acids is 1. The maximum absolute atomic E-state index is 11.1. The summed E-state index contributed by atoms with van der Waals surface area (Å²) in [7, 11) is 0. The lowest BCUT2D eigenvalue weighted by molar-refractivity contribution is 0.168. The van der Waals surface area contributed by atoms with Crippen LogP contribution in [-0.2, 0) is 4.74 Å². The number of carbonyl (C=O) groups is 1. The third-order valence-electron chi connectivity index (χ3n) is 1.72. The van der Waals surface area contributed by atoms with E-state index >= 15 is 0 Å². The SMILES string of the molecule is CCOC(=O)Nc1cccc(C#CCN)c1. The highest BCUT2D eigenvalue weighted by Gasteiger charge is 2.01. The second kappa shape index (κ2) is 6.49. The van der Waals surface area contributed by atoms with Crippen molar-refractivity contribution in [2.45, 2.75) is 6.92 Å². The third-order valence-corrected chi connectivity index (χ3v) is 1.72. The van der Waals surface area contributed by atoms with Gasteiger partial charge in [0.05, 0.1) is 13.2 Å². The fourth-order valence-corrected chi connectivity index (χ4v) is 1.11. The largest absolute Gasteiger partial charge is 0.450 e. The molecule has 0 bridgehead atoms. The molecule has 0 aromatic heterocycles. The summed E-state index contributed by atoms with van der Waals surface area (Å²) in [4.78, 5) is 11.1. The summed E-state index contributed by atoms with van der Waals surface area (Å²) in [5, 5.41) is 2.60. The van der Waals surface area contributed by atoms with E-state index in [0.29, 0.717) is 18.8 Å². The number of hydrogen-bond acceptors (Lipinski definition) is 3. The Morgan fingerprint density at radius 2 is 2.38 bits per heavy atom. The van der Waals surface area contributed by atoms with E-state index in [1.807, 2.05) is 12.1 Å². The standard InChI is InChI=1S/C12H14N2O2/c1-2-16-12(15)14-11-7-3-5-10(9-11)6-4-8-13/h3,5,7,9H,2,8,13H2,1H3,(H,14,15). The minimum absolute atomic E-state index is 0.315. The molecule has 1 rings (SSSR count). The van der Waals surface area contributed by atoms with Crippen LogP contribution in [0.3, 0.4) is 0 Å². The highest BCUT2D eigenvalue weighted by molar-refractivity contribution is 5.84. The zero-order chi connectivity index (χ0) is 11.8. The van der Waals surface area contributed by atoms with Gasteiger partial charge < -0.3 is 10.5 Å². The van der Waals surface area contributed by atoms with Gasteiger partial charge in [-0.25, -0.2) is 4.79 Å². The highest BCUT2D eigenvalue weighted by Crippen LogP contribution is 2.09. The molecule has 0 radical (unpaired) electrons. The zero-order valence-corrected chi connectivity index (χ0v) is 9.12. The van der Waals surface area contributed by atoms with E-state index in [4.69, 9.17) is 10.5 Å². The number of ether oxygens (including phenoxy) is 1. The molecular weight excluding hydrogens is 204 g/mol. The van der Waals surface area contributed by atoms with E-state index < -0.39 is 6.09 Å². The van der Waals surface area contributed by atoms with Crippen molar-refractivity contribution in [3.05, 3.63) is 29.8 Å². The van der Waals surface area contributed by atoms with Crippen molar-refractivity contribution in [1.82, 2.24) is 0 Å². The van der Waals surface area contributed by atoms with Crippen LogP contribution >= 0.6 is 0 Å². The number of hydrogen-bond donors (Lipinski definition) is 2. The fourth-order valence-electron chi connectivity index (χ4n) is 1.11. The quantitative estimate of drug-likeness (QED) is 0.740. The molecule has 1 aromatic rings. The molecule has 3 N–H and O–H groups in total. The molecule has 0 spiro atoms. The number of nitrogens with two attached hydrogens (primary N) is 1. The average Bonchev–Trinajstić information content (AvgIpc) is 2.27. The monoisotopic (exact) mass is 218 g/mol. The van der Waals surface area contributed by atoms with Gasteiger partial charge in [0.2, 0.25) is 0 Å². The first-order chi connectivity index (χ1) is 7.76. The summed E-state index contributed by atoms with van der Waals surface area (Å²) in [6.45, 7) is 2.41. The molecule has 4 heteroatoms. The van der Waals surface area contributed by atoms with E-state index in [-0.39, 0.29) is 0 Å². The third kappa shape index (κ3) is 4.03. The van der Waals surface area contributed by atoms with Crippen molar-refractivity contribution in [2.24, 2.45) is 5.73 Å². The second-order valence-electron chi connectivity index (χ2n) is 2.93. The molecule has 0 aliphatic carbocycles. The lowest BCUT2D eigenvalue weighted by Crippen LogP contribution is -2.13. The summed E-state index contributed by atoms with van der Waals surface area (Å²) in [5.74, 6) is 5.63. The second-order valence-corrected chi connectivity index (χ2v) is 2.93. The van der Waals surface area contributed by atoms with Gasteiger partial charge in [-0.3, -0.25) is 5.32 Å². The molecule has 4 nitrogen and oxygen atoms in total. The molecular formula is C12H14N2O2. The Labute approximate surface area is 94.8 Å². The molecule has 0 aliphatic rings. The predicted octanol–water partition coefficient (Wildman–Crippen LogP) is 1.57. The average molecular weight is 218 g/mol. The summed E-state index contributed by atoms with van der Waals surface area (Å²) < 4.78 is 4.76. The molecule has 0 heterocycles. The topological polar surface area (TPSA) is 64.3 Å². The molecule has 0 atom stereocenters. The van der Waals surface area contributed by atoms with Crippen LogP contribution in [0.2, 0.25) is 0 Å². The minimum atomic E-state index is -0.466. The van der Waals surface area contributed by atoms with Crippen LogP contribution in [0, 0.1) is 11.8 Å². The fraction of sp³-hybridized carbons (Fsp3) is 0.250. The normalized spacial score (nSPS) is 8.88. The number of amides is 1. The highest BCUT2D eigenvalue weighted by atomic mass is 16.5.